The molecule has 2 aromatic heterocycles. The Morgan fingerprint density at radius 3 is 0.902 bits per heavy atom. The first-order valence-electron chi connectivity index (χ1n) is 38.6. The third-order valence-corrected chi connectivity index (χ3v) is 23.5. The van der Waals surface area contributed by atoms with Crippen molar-refractivity contribution in [3.63, 3.8) is 0 Å². The molecular weight excluding hydrogens is 1360 g/mol. The molecule has 17 aromatic carbocycles. The molecule has 0 amide bonds. The maximum atomic E-state index is 2.65. The summed E-state index contributed by atoms with van der Waals surface area (Å²) in [7, 11) is 0. The van der Waals surface area contributed by atoms with Crippen LogP contribution in [0.3, 0.4) is 0 Å². The minimum atomic E-state index is -0.277. The number of anilines is 18. The first kappa shape index (κ1) is 63.4. The van der Waals surface area contributed by atoms with Crippen molar-refractivity contribution < 1.29 is 0 Å². The van der Waals surface area contributed by atoms with Gasteiger partial charge in [-0.15, -0.1) is 0 Å². The largest absolute Gasteiger partial charge is 0.311 e. The van der Waals surface area contributed by atoms with Crippen molar-refractivity contribution in [3.8, 4) is 11.4 Å². The fourth-order valence-corrected chi connectivity index (χ4v) is 19.1. The van der Waals surface area contributed by atoms with Gasteiger partial charge in [-0.05, 0) is 197 Å². The van der Waals surface area contributed by atoms with E-state index < -0.39 is 0 Å². The molecule has 10 heteroatoms. The van der Waals surface area contributed by atoms with E-state index in [1.165, 1.54) is 54.3 Å². The summed E-state index contributed by atoms with van der Waals surface area (Å²) in [4.78, 5) is 15.3. The van der Waals surface area contributed by atoms with Gasteiger partial charge in [-0.3, -0.25) is 0 Å². The van der Waals surface area contributed by atoms with Crippen LogP contribution in [0.15, 0.2) is 413 Å². The summed E-state index contributed by atoms with van der Waals surface area (Å²) in [5, 5.41) is 4.83. The lowest BCUT2D eigenvalue weighted by Crippen LogP contribution is -2.65. The highest BCUT2D eigenvalue weighted by Gasteiger charge is 2.49. The first-order valence-corrected chi connectivity index (χ1v) is 38.6. The molecule has 4 aliphatic rings. The van der Waals surface area contributed by atoms with E-state index in [4.69, 9.17) is 0 Å². The number of benzene rings is 17. The Morgan fingerprint density at radius 1 is 0.179 bits per heavy atom. The minimum absolute atomic E-state index is 0.215. The van der Waals surface area contributed by atoms with Crippen LogP contribution in [0.2, 0.25) is 0 Å². The number of fused-ring (bicyclic) bond motifs is 14. The number of hydrogen-bond acceptors (Lipinski definition) is 6. The van der Waals surface area contributed by atoms with Crippen molar-refractivity contribution in [3.05, 3.63) is 413 Å². The second-order valence-corrected chi connectivity index (χ2v) is 29.5. The molecule has 0 saturated heterocycles. The summed E-state index contributed by atoms with van der Waals surface area (Å²) in [6, 6.07) is 153. The van der Waals surface area contributed by atoms with Crippen LogP contribution in [-0.2, 0) is 0 Å². The van der Waals surface area contributed by atoms with E-state index in [0.717, 1.165) is 136 Å². The SMILES string of the molecule is c1ccc(N(c2ccccc2)c2cc3c4c(c2)N(c2ccccc2)c2cc5c(cc2B4c2ccccc2N3c2ccccc2)B2c3ccccc3N(c3ccccc3-n3c4ccccc4c4ccccc43)c3cc(N(c4ccccc4)c4ccccc4-n4c6ccccc6c6ccccc64)cc(c32)N5c2ccccc2)cc1. The second-order valence-electron chi connectivity index (χ2n) is 29.5. The van der Waals surface area contributed by atoms with Crippen LogP contribution in [-0.4, -0.2) is 22.6 Å². The molecule has 0 fully saturated rings. The van der Waals surface area contributed by atoms with Crippen LogP contribution < -0.4 is 62.2 Å². The maximum Gasteiger partial charge on any atom is 0.252 e. The van der Waals surface area contributed by atoms with Crippen molar-refractivity contribution >= 4 is 192 Å². The molecule has 23 rings (SSSR count). The van der Waals surface area contributed by atoms with Gasteiger partial charge in [0.2, 0.25) is 0 Å². The van der Waals surface area contributed by atoms with Crippen LogP contribution in [0, 0.1) is 0 Å². The minimum Gasteiger partial charge on any atom is -0.311 e. The number of para-hydroxylation sites is 16. The molecule has 6 heterocycles. The highest BCUT2D eigenvalue weighted by Crippen LogP contribution is 2.54. The van der Waals surface area contributed by atoms with Crippen molar-refractivity contribution in [2.45, 2.75) is 0 Å². The van der Waals surface area contributed by atoms with Crippen LogP contribution in [0.5, 0.6) is 0 Å². The van der Waals surface area contributed by atoms with Crippen molar-refractivity contribution in [2.75, 3.05) is 29.4 Å². The predicted molar refractivity (Wildman–Crippen MR) is 473 cm³/mol. The molecule has 8 nitrogen and oxygen atoms in total. The standard InChI is InChI=1S/C102H68B2N8/c1-7-35-69(36-8-1)105(70-37-9-2-10-38-70)75-63-97-101-98(64-75)108(73-43-15-5-16-44-73)95-68-96-84(67-83(95)103(101)81-51-23-29-57-89(81)107(97)72-41-13-4-14-42-72)104-82-52-24-30-58-90(82)112(94-62-34-33-61-93(94)111-87-55-27-21-49-79(87)80-50-22-28-56-88(80)111)100-66-76(65-99(102(100)104)109(96)74-45-17-6-18-46-74)106(71-39-11-3-12-40-71)91-59-31-32-60-92(91)110-85-53-25-19-47-77(85)78-48-20-26-54-86(78)110/h1-68H. The number of aromatic nitrogens is 2. The zero-order valence-corrected chi connectivity index (χ0v) is 61.0. The Kier molecular flexibility index (Phi) is 14.4. The van der Waals surface area contributed by atoms with Gasteiger partial charge in [-0.25, -0.2) is 0 Å². The van der Waals surface area contributed by atoms with Crippen molar-refractivity contribution in [1.29, 1.82) is 0 Å². The number of rotatable bonds is 12. The zero-order chi connectivity index (χ0) is 73.5. The fourth-order valence-electron chi connectivity index (χ4n) is 19.1. The molecule has 0 radical (unpaired) electrons. The Balaban J connectivity index is 0.841. The molecule has 0 spiro atoms. The van der Waals surface area contributed by atoms with E-state index in [0.29, 0.717) is 0 Å². The zero-order valence-electron chi connectivity index (χ0n) is 61.0. The monoisotopic (exact) mass is 1430 g/mol. The lowest BCUT2D eigenvalue weighted by Gasteiger charge is -2.48. The summed E-state index contributed by atoms with van der Waals surface area (Å²) < 4.78 is 4.97. The first-order chi connectivity index (χ1) is 55.7. The molecule has 4 aliphatic heterocycles. The van der Waals surface area contributed by atoms with Crippen LogP contribution >= 0.6 is 0 Å². The molecule has 0 aliphatic carbocycles. The van der Waals surface area contributed by atoms with Gasteiger partial charge in [0.1, 0.15) is 0 Å². The van der Waals surface area contributed by atoms with Gasteiger partial charge >= 0.3 is 0 Å². The molecule has 0 saturated carbocycles. The van der Waals surface area contributed by atoms with Gasteiger partial charge in [-0.1, -0.05) is 249 Å². The highest BCUT2D eigenvalue weighted by molar-refractivity contribution is 7.03. The summed E-state index contributed by atoms with van der Waals surface area (Å²) in [5.41, 5.74) is 33.4. The lowest BCUT2D eigenvalue weighted by atomic mass is 9.30. The topological polar surface area (TPSA) is 29.3 Å². The molecule has 0 atom stereocenters. The molecule has 19 aromatic rings. The quantitative estimate of drug-likeness (QED) is 0.113. The van der Waals surface area contributed by atoms with Gasteiger partial charge in [0.15, 0.2) is 0 Å². The third-order valence-electron chi connectivity index (χ3n) is 23.5. The van der Waals surface area contributed by atoms with Gasteiger partial charge in [0.05, 0.1) is 56.2 Å². The maximum absolute atomic E-state index is 2.65. The fraction of sp³-hybridized carbons (Fsp3) is 0. The normalized spacial score (nSPS) is 12.9. The second kappa shape index (κ2) is 25.5. The molecule has 0 N–H and O–H groups in total. The van der Waals surface area contributed by atoms with E-state index in [1.54, 1.807) is 0 Å². The summed E-state index contributed by atoms with van der Waals surface area (Å²) in [6.07, 6.45) is 0. The Bertz CT molecular complexity index is 6810. The average Bonchev–Trinajstić information content (AvgIpc) is 0.876. The Hall–Kier alpha value is -14.7. The lowest BCUT2D eigenvalue weighted by molar-refractivity contribution is 1.14. The third kappa shape index (κ3) is 9.58. The molecule has 522 valence electrons. The van der Waals surface area contributed by atoms with Crippen molar-refractivity contribution in [2.24, 2.45) is 0 Å². The van der Waals surface area contributed by atoms with E-state index in [-0.39, 0.29) is 13.4 Å². The van der Waals surface area contributed by atoms with Crippen LogP contribution in [0.25, 0.3) is 55.0 Å². The smallest absolute Gasteiger partial charge is 0.252 e. The molecular formula is C102H68B2N8. The van der Waals surface area contributed by atoms with Crippen LogP contribution in [0.4, 0.5) is 102 Å². The summed E-state index contributed by atoms with van der Waals surface area (Å²) in [5.74, 6) is 0. The number of hydrogen-bond donors (Lipinski definition) is 0. The van der Waals surface area contributed by atoms with E-state index in [9.17, 15) is 0 Å². The average molecular weight is 1430 g/mol. The van der Waals surface area contributed by atoms with E-state index in [1.807, 2.05) is 0 Å². The molecule has 0 bridgehead atoms. The highest BCUT2D eigenvalue weighted by atomic mass is 15.2. The van der Waals surface area contributed by atoms with Crippen molar-refractivity contribution in [1.82, 2.24) is 9.13 Å². The van der Waals surface area contributed by atoms with E-state index >= 15 is 0 Å². The summed E-state index contributed by atoms with van der Waals surface area (Å²) >= 11 is 0. The number of nitrogens with zero attached hydrogens (tertiary/aromatic N) is 8. The van der Waals surface area contributed by atoms with Gasteiger partial charge in [0, 0.05) is 101 Å². The van der Waals surface area contributed by atoms with E-state index in [2.05, 4.69) is 451 Å². The predicted octanol–water partition coefficient (Wildman–Crippen LogP) is 23.0. The van der Waals surface area contributed by atoms with Gasteiger partial charge in [-0.2, -0.15) is 0 Å². The molecule has 112 heavy (non-hydrogen) atoms. The Morgan fingerprint density at radius 2 is 0.473 bits per heavy atom. The van der Waals surface area contributed by atoms with Crippen LogP contribution in [0.1, 0.15) is 0 Å². The van der Waals surface area contributed by atoms with Gasteiger partial charge in [0.25, 0.3) is 13.4 Å². The molecule has 0 unspecified atom stereocenters. The Labute approximate surface area is 650 Å². The summed E-state index contributed by atoms with van der Waals surface area (Å²) in [6.45, 7) is -0.492. The van der Waals surface area contributed by atoms with Gasteiger partial charge < -0.3 is 38.5 Å².